The van der Waals surface area contributed by atoms with Crippen LogP contribution in [0.15, 0.2) is 35.3 Å². The van der Waals surface area contributed by atoms with Gasteiger partial charge in [0.15, 0.2) is 5.69 Å². The average molecular weight is 590 g/mol. The number of rotatable bonds is 7. The lowest BCUT2D eigenvalue weighted by Gasteiger charge is -2.31. The predicted molar refractivity (Wildman–Crippen MR) is 151 cm³/mol. The molecule has 1 aliphatic heterocycles. The molecule has 1 aliphatic rings. The van der Waals surface area contributed by atoms with Crippen molar-refractivity contribution in [3.05, 3.63) is 53.1 Å². The first-order valence-electron chi connectivity index (χ1n) is 13.2. The van der Waals surface area contributed by atoms with Gasteiger partial charge >= 0.3 is 11.9 Å². The summed E-state index contributed by atoms with van der Waals surface area (Å²) in [4.78, 5) is 37.8. The highest BCUT2D eigenvalue weighted by Crippen LogP contribution is 2.19. The Morgan fingerprint density at radius 3 is 2.27 bits per heavy atom. The number of hydrogen-bond donors (Lipinski definition) is 3. The van der Waals surface area contributed by atoms with Gasteiger partial charge in [-0.05, 0) is 36.5 Å². The number of nitrogens with zero attached hydrogens (tertiary/aromatic N) is 4. The molecule has 1 atom stereocenters. The molecule has 13 nitrogen and oxygen atoms in total. The highest BCUT2D eigenvalue weighted by Gasteiger charge is 2.23. The van der Waals surface area contributed by atoms with Crippen LogP contribution in [0.4, 0.5) is 5.69 Å². The summed E-state index contributed by atoms with van der Waals surface area (Å²) in [6, 6.07) is 7.53. The molecular weight excluding hydrogens is 554 g/mol. The van der Waals surface area contributed by atoms with E-state index < -0.39 is 11.9 Å². The lowest BCUT2D eigenvalue weighted by atomic mass is 10.1. The molecule has 222 valence electrons. The highest BCUT2D eigenvalue weighted by atomic mass is 32.1. The summed E-state index contributed by atoms with van der Waals surface area (Å²) < 4.78 is 23.0. The van der Waals surface area contributed by atoms with E-state index in [1.54, 1.807) is 18.2 Å². The number of aliphatic imine (C=N–C) groups is 1. The molecule has 0 unspecified atom stereocenters. The smallest absolute Gasteiger partial charge is 0.354 e. The van der Waals surface area contributed by atoms with E-state index in [4.69, 9.17) is 31.2 Å². The van der Waals surface area contributed by atoms with Crippen LogP contribution in [0.5, 0.6) is 0 Å². The number of hydrogen-bond acceptors (Lipinski definition) is 12. The van der Waals surface area contributed by atoms with Gasteiger partial charge in [0.25, 0.3) is 0 Å². The zero-order valence-corrected chi connectivity index (χ0v) is 23.5. The number of ether oxygens (including phenoxy) is 4. The molecule has 1 fully saturated rings. The van der Waals surface area contributed by atoms with Crippen molar-refractivity contribution in [2.24, 2.45) is 4.99 Å². The minimum atomic E-state index is -1.19. The molecule has 3 N–H and O–H groups in total. The molecule has 0 bridgehead atoms. The Labute approximate surface area is 243 Å². The highest BCUT2D eigenvalue weighted by molar-refractivity contribution is 7.78. The molecule has 14 heteroatoms. The molecule has 41 heavy (non-hydrogen) atoms. The van der Waals surface area contributed by atoms with Gasteiger partial charge in [0.2, 0.25) is 0 Å². The van der Waals surface area contributed by atoms with Crippen LogP contribution < -0.4 is 5.32 Å². The number of isothiocyanates is 1. The molecule has 2 aromatic rings. The van der Waals surface area contributed by atoms with Crippen LogP contribution >= 0.6 is 12.2 Å². The topological polar surface area (TPSA) is 165 Å². The molecule has 0 aromatic carbocycles. The Morgan fingerprint density at radius 1 is 0.927 bits per heavy atom. The summed E-state index contributed by atoms with van der Waals surface area (Å²) in [5.74, 6) is -2.31. The van der Waals surface area contributed by atoms with Gasteiger partial charge in [0.1, 0.15) is 5.69 Å². The molecule has 3 heterocycles. The van der Waals surface area contributed by atoms with E-state index in [1.807, 2.05) is 4.90 Å². The van der Waals surface area contributed by atoms with Crippen molar-refractivity contribution in [3.8, 4) is 0 Å². The Bertz CT molecular complexity index is 1160. The van der Waals surface area contributed by atoms with E-state index in [0.717, 1.165) is 0 Å². The second-order valence-corrected chi connectivity index (χ2v) is 9.20. The molecule has 0 spiro atoms. The average Bonchev–Trinajstić information content (AvgIpc) is 2.95. The SMILES string of the molecule is O=C(O)c1cccc(C[C@H]2COCCOCCNCCOCCOCCN2Cc2cc(N=C=S)cc(C(=O)O)n2)n1. The first-order valence-corrected chi connectivity index (χ1v) is 13.6. The van der Waals surface area contributed by atoms with Crippen molar-refractivity contribution < 1.29 is 38.7 Å². The first kappa shape index (κ1) is 32.3. The van der Waals surface area contributed by atoms with Crippen molar-refractivity contribution >= 4 is 35.0 Å². The lowest BCUT2D eigenvalue weighted by molar-refractivity contribution is -0.00144. The van der Waals surface area contributed by atoms with Crippen molar-refractivity contribution in [3.63, 3.8) is 0 Å². The van der Waals surface area contributed by atoms with Gasteiger partial charge in [-0.1, -0.05) is 6.07 Å². The third kappa shape index (κ3) is 12.1. The molecule has 2 aromatic heterocycles. The fraction of sp³-hybridized carbons (Fsp3) is 0.519. The minimum Gasteiger partial charge on any atom is -0.477 e. The number of nitrogens with one attached hydrogen (secondary N) is 1. The number of carboxylic acids is 2. The van der Waals surface area contributed by atoms with E-state index in [1.165, 1.54) is 12.1 Å². The van der Waals surface area contributed by atoms with Gasteiger partial charge in [-0.3, -0.25) is 4.90 Å². The normalized spacial score (nSPS) is 18.9. The fourth-order valence-corrected chi connectivity index (χ4v) is 4.19. The third-order valence-corrected chi connectivity index (χ3v) is 6.12. The summed E-state index contributed by atoms with van der Waals surface area (Å²) >= 11 is 4.71. The van der Waals surface area contributed by atoms with Crippen molar-refractivity contribution in [2.45, 2.75) is 19.0 Å². The predicted octanol–water partition coefficient (Wildman–Crippen LogP) is 1.69. The maximum atomic E-state index is 11.7. The van der Waals surface area contributed by atoms with Crippen molar-refractivity contribution in [1.29, 1.82) is 0 Å². The third-order valence-electron chi connectivity index (χ3n) is 6.03. The number of thiocarbonyl (C=S) groups is 1. The van der Waals surface area contributed by atoms with Crippen LogP contribution in [0.3, 0.4) is 0 Å². The number of aromatic carboxylic acids is 2. The van der Waals surface area contributed by atoms with Crippen LogP contribution in [-0.4, -0.2) is 121 Å². The first-order chi connectivity index (χ1) is 20.0. The Balaban J connectivity index is 1.87. The van der Waals surface area contributed by atoms with Crippen LogP contribution in [0, 0.1) is 0 Å². The molecular formula is C27H35N5O8S. The van der Waals surface area contributed by atoms with E-state index in [2.05, 4.69) is 25.4 Å². The van der Waals surface area contributed by atoms with Gasteiger partial charge in [0, 0.05) is 44.3 Å². The standard InChI is InChI=1S/C27H35N5O8S/c33-26(34)24-3-1-2-20(30-24)15-23-18-40-13-12-38-8-5-28-4-7-37-10-11-39-9-6-32(23)17-22-14-21(29-19-41)16-25(31-22)27(35)36/h1-3,14,16,23,28H,4-13,15,17-18H2,(H,33,34)(H,35,36)/t23-/m0/s1. The maximum absolute atomic E-state index is 11.7. The second-order valence-electron chi connectivity index (χ2n) is 9.02. The molecule has 1 saturated heterocycles. The second kappa shape index (κ2) is 18.3. The van der Waals surface area contributed by atoms with Crippen LogP contribution in [-0.2, 0) is 31.9 Å². The monoisotopic (exact) mass is 589 g/mol. The Kier molecular flexibility index (Phi) is 14.4. The molecule has 3 rings (SSSR count). The van der Waals surface area contributed by atoms with Crippen LogP contribution in [0.2, 0.25) is 0 Å². The molecule has 0 amide bonds. The van der Waals surface area contributed by atoms with Crippen molar-refractivity contribution in [2.75, 3.05) is 72.5 Å². The Morgan fingerprint density at radius 2 is 1.59 bits per heavy atom. The van der Waals surface area contributed by atoms with Gasteiger partial charge < -0.3 is 34.5 Å². The summed E-state index contributed by atoms with van der Waals surface area (Å²) in [5, 5.41) is 24.5. The molecule has 0 radical (unpaired) electrons. The van der Waals surface area contributed by atoms with Gasteiger partial charge in [-0.25, -0.2) is 19.6 Å². The largest absolute Gasteiger partial charge is 0.477 e. The summed E-state index contributed by atoms with van der Waals surface area (Å²) in [6.45, 7) is 5.40. The van der Waals surface area contributed by atoms with Gasteiger partial charge in [0.05, 0.1) is 69.4 Å². The number of carboxylic acid groups (broad SMARTS) is 2. The van der Waals surface area contributed by atoms with Gasteiger partial charge in [-0.15, -0.1) is 0 Å². The number of carbonyl (C=O) groups is 2. The fourth-order valence-electron chi connectivity index (χ4n) is 4.08. The van der Waals surface area contributed by atoms with Crippen LogP contribution in [0.25, 0.3) is 0 Å². The quantitative estimate of drug-likeness (QED) is 0.316. The van der Waals surface area contributed by atoms with E-state index in [0.29, 0.717) is 89.4 Å². The summed E-state index contributed by atoms with van der Waals surface area (Å²) in [5.41, 5.74) is 1.12. The lowest BCUT2D eigenvalue weighted by Crippen LogP contribution is -2.42. The Hall–Kier alpha value is -3.20. The number of pyridine rings is 2. The van der Waals surface area contributed by atoms with E-state index >= 15 is 0 Å². The minimum absolute atomic E-state index is 0.0565. The van der Waals surface area contributed by atoms with Crippen LogP contribution in [0.1, 0.15) is 32.4 Å². The van der Waals surface area contributed by atoms with Crippen molar-refractivity contribution in [1.82, 2.24) is 20.2 Å². The van der Waals surface area contributed by atoms with E-state index in [-0.39, 0.29) is 30.6 Å². The maximum Gasteiger partial charge on any atom is 0.354 e. The zero-order valence-electron chi connectivity index (χ0n) is 22.7. The summed E-state index contributed by atoms with van der Waals surface area (Å²) in [7, 11) is 0. The molecule has 0 saturated carbocycles. The number of aromatic nitrogens is 2. The van der Waals surface area contributed by atoms with E-state index in [9.17, 15) is 19.8 Å². The molecule has 0 aliphatic carbocycles. The zero-order chi connectivity index (χ0) is 29.3. The van der Waals surface area contributed by atoms with Gasteiger partial charge in [-0.2, -0.15) is 4.99 Å². The summed E-state index contributed by atoms with van der Waals surface area (Å²) in [6.07, 6.45) is 0.360.